The molecule has 3 aromatic heterocycles. The summed E-state index contributed by atoms with van der Waals surface area (Å²) in [5.74, 6) is 2.13. The Balaban J connectivity index is 1.36. The van der Waals surface area contributed by atoms with Crippen molar-refractivity contribution in [1.29, 1.82) is 0 Å². The van der Waals surface area contributed by atoms with E-state index in [0.29, 0.717) is 40.5 Å². The van der Waals surface area contributed by atoms with E-state index >= 15 is 0 Å². The van der Waals surface area contributed by atoms with Gasteiger partial charge in [0.25, 0.3) is 0 Å². The highest BCUT2D eigenvalue weighted by atomic mass is 32.1. The van der Waals surface area contributed by atoms with Crippen LogP contribution in [-0.4, -0.2) is 35.3 Å². The van der Waals surface area contributed by atoms with Crippen molar-refractivity contribution >= 4 is 33.7 Å². The largest absolute Gasteiger partial charge is 0.497 e. The van der Waals surface area contributed by atoms with E-state index in [-0.39, 0.29) is 12.3 Å². The molecule has 0 bridgehead atoms. The number of anilines is 1. The normalized spacial score (nSPS) is 10.7. The number of hydrogen-bond acceptors (Lipinski definition) is 9. The summed E-state index contributed by atoms with van der Waals surface area (Å²) in [5.41, 5.74) is 2.44. The predicted octanol–water partition coefficient (Wildman–Crippen LogP) is 4.51. The van der Waals surface area contributed by atoms with Gasteiger partial charge in [0.2, 0.25) is 17.6 Å². The van der Waals surface area contributed by atoms with Crippen LogP contribution >= 0.6 is 22.7 Å². The second-order valence-corrected chi connectivity index (χ2v) is 7.81. The lowest BCUT2D eigenvalue weighted by Gasteiger charge is -2.08. The van der Waals surface area contributed by atoms with E-state index in [1.165, 1.54) is 11.3 Å². The van der Waals surface area contributed by atoms with Gasteiger partial charge in [0.1, 0.15) is 11.5 Å². The Kier molecular flexibility index (Phi) is 6.05. The van der Waals surface area contributed by atoms with Gasteiger partial charge in [-0.25, -0.2) is 4.98 Å². The summed E-state index contributed by atoms with van der Waals surface area (Å²) in [6, 6.07) is 7.43. The number of methoxy groups -OCH3 is 2. The fourth-order valence-electron chi connectivity index (χ4n) is 2.73. The number of rotatable bonds is 8. The molecule has 3 heterocycles. The van der Waals surface area contributed by atoms with Crippen molar-refractivity contribution in [2.45, 2.75) is 12.8 Å². The van der Waals surface area contributed by atoms with Gasteiger partial charge in [-0.2, -0.15) is 16.3 Å². The van der Waals surface area contributed by atoms with Gasteiger partial charge in [0, 0.05) is 40.8 Å². The van der Waals surface area contributed by atoms with Crippen LogP contribution in [0.5, 0.6) is 11.5 Å². The van der Waals surface area contributed by atoms with Crippen molar-refractivity contribution in [3.8, 4) is 34.1 Å². The first-order valence-corrected chi connectivity index (χ1v) is 10.8. The van der Waals surface area contributed by atoms with Gasteiger partial charge < -0.3 is 19.3 Å². The minimum atomic E-state index is -0.173. The van der Waals surface area contributed by atoms with Crippen LogP contribution in [-0.2, 0) is 11.2 Å². The van der Waals surface area contributed by atoms with Crippen LogP contribution in [0.1, 0.15) is 12.3 Å². The summed E-state index contributed by atoms with van der Waals surface area (Å²) >= 11 is 2.91. The number of aromatic nitrogens is 3. The van der Waals surface area contributed by atoms with E-state index in [1.54, 1.807) is 31.6 Å². The van der Waals surface area contributed by atoms with Gasteiger partial charge in [-0.3, -0.25) is 4.79 Å². The summed E-state index contributed by atoms with van der Waals surface area (Å²) < 4.78 is 15.9. The summed E-state index contributed by atoms with van der Waals surface area (Å²) in [7, 11) is 3.19. The SMILES string of the molecule is COc1ccc(-c2csc(NC(=O)CCc3nc(-c4ccsc4)no3)n2)c(OC)c1. The molecule has 0 radical (unpaired) electrons. The first-order chi connectivity index (χ1) is 14.7. The van der Waals surface area contributed by atoms with Gasteiger partial charge in [-0.15, -0.1) is 11.3 Å². The Labute approximate surface area is 180 Å². The molecule has 4 rings (SSSR count). The fourth-order valence-corrected chi connectivity index (χ4v) is 4.09. The van der Waals surface area contributed by atoms with E-state index in [1.807, 2.05) is 34.3 Å². The van der Waals surface area contributed by atoms with Crippen molar-refractivity contribution in [1.82, 2.24) is 15.1 Å². The van der Waals surface area contributed by atoms with Crippen molar-refractivity contribution in [2.75, 3.05) is 19.5 Å². The Hall–Kier alpha value is -3.24. The molecule has 0 saturated heterocycles. The molecule has 0 saturated carbocycles. The van der Waals surface area contributed by atoms with E-state index in [9.17, 15) is 4.79 Å². The molecule has 1 amide bonds. The Bertz CT molecular complexity index is 1140. The quantitative estimate of drug-likeness (QED) is 0.428. The molecule has 8 nitrogen and oxygen atoms in total. The number of aryl methyl sites for hydroxylation is 1. The van der Waals surface area contributed by atoms with Crippen LogP contribution in [0.2, 0.25) is 0 Å². The number of amides is 1. The van der Waals surface area contributed by atoms with Crippen LogP contribution in [0.15, 0.2) is 44.9 Å². The van der Waals surface area contributed by atoms with Gasteiger partial charge in [-0.1, -0.05) is 5.16 Å². The standard InChI is InChI=1S/C20H18N4O4S2/c1-26-13-3-4-14(16(9-13)27-2)15-11-30-20(21-15)22-17(25)5-6-18-23-19(24-28-18)12-7-8-29-10-12/h3-4,7-11H,5-6H2,1-2H3,(H,21,22,25). The topological polar surface area (TPSA) is 99.4 Å². The highest BCUT2D eigenvalue weighted by molar-refractivity contribution is 7.14. The lowest BCUT2D eigenvalue weighted by Crippen LogP contribution is -2.12. The monoisotopic (exact) mass is 442 g/mol. The van der Waals surface area contributed by atoms with Gasteiger partial charge in [0.05, 0.1) is 19.9 Å². The number of thiazole rings is 1. The molecule has 0 unspecified atom stereocenters. The lowest BCUT2D eigenvalue weighted by atomic mass is 10.1. The number of nitrogens with zero attached hydrogens (tertiary/aromatic N) is 3. The minimum Gasteiger partial charge on any atom is -0.497 e. The molecular formula is C20H18N4O4S2. The summed E-state index contributed by atoms with van der Waals surface area (Å²) in [6.45, 7) is 0. The lowest BCUT2D eigenvalue weighted by molar-refractivity contribution is -0.116. The zero-order valence-electron chi connectivity index (χ0n) is 16.2. The average Bonchev–Trinajstić information content (AvgIpc) is 3.53. The maximum atomic E-state index is 12.3. The van der Waals surface area contributed by atoms with Crippen LogP contribution in [0.4, 0.5) is 5.13 Å². The van der Waals surface area contributed by atoms with Crippen molar-refractivity contribution in [3.63, 3.8) is 0 Å². The van der Waals surface area contributed by atoms with Crippen molar-refractivity contribution in [3.05, 3.63) is 46.3 Å². The van der Waals surface area contributed by atoms with E-state index < -0.39 is 0 Å². The van der Waals surface area contributed by atoms with Crippen LogP contribution in [0, 0.1) is 0 Å². The fraction of sp³-hybridized carbons (Fsp3) is 0.200. The Morgan fingerprint density at radius 1 is 1.17 bits per heavy atom. The van der Waals surface area contributed by atoms with E-state index in [4.69, 9.17) is 14.0 Å². The number of hydrogen-bond donors (Lipinski definition) is 1. The van der Waals surface area contributed by atoms with E-state index in [0.717, 1.165) is 11.1 Å². The van der Waals surface area contributed by atoms with E-state index in [2.05, 4.69) is 20.4 Å². The molecule has 0 fully saturated rings. The molecule has 0 aliphatic heterocycles. The first kappa shape index (κ1) is 20.0. The average molecular weight is 443 g/mol. The van der Waals surface area contributed by atoms with Gasteiger partial charge >= 0.3 is 0 Å². The highest BCUT2D eigenvalue weighted by Crippen LogP contribution is 2.34. The molecule has 154 valence electrons. The second-order valence-electron chi connectivity index (χ2n) is 6.18. The summed E-state index contributed by atoms with van der Waals surface area (Å²) in [6.07, 6.45) is 0.569. The molecule has 0 aliphatic carbocycles. The molecule has 0 aliphatic rings. The third kappa shape index (κ3) is 4.50. The Morgan fingerprint density at radius 2 is 2.07 bits per heavy atom. The molecule has 0 spiro atoms. The van der Waals surface area contributed by atoms with Crippen molar-refractivity contribution < 1.29 is 18.8 Å². The zero-order valence-corrected chi connectivity index (χ0v) is 17.9. The highest BCUT2D eigenvalue weighted by Gasteiger charge is 2.14. The molecule has 4 aromatic rings. The van der Waals surface area contributed by atoms with Gasteiger partial charge in [-0.05, 0) is 23.6 Å². The number of benzene rings is 1. The van der Waals surface area contributed by atoms with Crippen LogP contribution < -0.4 is 14.8 Å². The smallest absolute Gasteiger partial charge is 0.227 e. The molecule has 0 atom stereocenters. The molecule has 30 heavy (non-hydrogen) atoms. The Morgan fingerprint density at radius 3 is 2.83 bits per heavy atom. The number of thiophene rings is 1. The number of nitrogens with one attached hydrogen (secondary N) is 1. The second kappa shape index (κ2) is 9.06. The molecular weight excluding hydrogens is 424 g/mol. The number of ether oxygens (including phenoxy) is 2. The maximum Gasteiger partial charge on any atom is 0.227 e. The predicted molar refractivity (Wildman–Crippen MR) is 115 cm³/mol. The number of carbonyl (C=O) groups is 1. The van der Waals surface area contributed by atoms with Crippen LogP contribution in [0.3, 0.4) is 0 Å². The molecule has 1 N–H and O–H groups in total. The third-order valence-electron chi connectivity index (χ3n) is 4.25. The minimum absolute atomic E-state index is 0.173. The summed E-state index contributed by atoms with van der Waals surface area (Å²) in [4.78, 5) is 21.1. The first-order valence-electron chi connectivity index (χ1n) is 8.99. The zero-order chi connectivity index (χ0) is 20.9. The van der Waals surface area contributed by atoms with Gasteiger partial charge in [0.15, 0.2) is 5.13 Å². The van der Waals surface area contributed by atoms with Crippen LogP contribution in [0.25, 0.3) is 22.6 Å². The number of carbonyl (C=O) groups excluding carboxylic acids is 1. The molecule has 10 heteroatoms. The summed E-state index contributed by atoms with van der Waals surface area (Å²) in [5, 5.41) is 13.0. The maximum absolute atomic E-state index is 12.3. The van der Waals surface area contributed by atoms with Crippen molar-refractivity contribution in [2.24, 2.45) is 0 Å². The molecule has 1 aromatic carbocycles. The third-order valence-corrected chi connectivity index (χ3v) is 5.69.